The highest BCUT2D eigenvalue weighted by atomic mass is 16.5. The first-order chi connectivity index (χ1) is 16.5. The molecule has 0 bridgehead atoms. The molecule has 0 spiro atoms. The summed E-state index contributed by atoms with van der Waals surface area (Å²) < 4.78 is 10.8. The fraction of sp³-hybridized carbons (Fsp3) is 0.429. The van der Waals surface area contributed by atoms with Crippen molar-refractivity contribution in [3.05, 3.63) is 59.0 Å². The van der Waals surface area contributed by atoms with Gasteiger partial charge in [-0.2, -0.15) is 0 Å². The molecule has 3 aromatic rings. The summed E-state index contributed by atoms with van der Waals surface area (Å²) in [6, 6.07) is 14.5. The Morgan fingerprint density at radius 3 is 2.41 bits per heavy atom. The van der Waals surface area contributed by atoms with Crippen LogP contribution in [-0.4, -0.2) is 20.1 Å². The van der Waals surface area contributed by atoms with Crippen LogP contribution in [0.3, 0.4) is 0 Å². The minimum Gasteiger partial charge on any atom is -0.495 e. The zero-order valence-electron chi connectivity index (χ0n) is 20.6. The highest BCUT2D eigenvalue weighted by Gasteiger charge is 2.14. The number of hydrogen-bond donors (Lipinski definition) is 1. The molecule has 6 heteroatoms. The van der Waals surface area contributed by atoms with Crippen molar-refractivity contribution in [3.63, 3.8) is 0 Å². The van der Waals surface area contributed by atoms with Gasteiger partial charge in [-0.1, -0.05) is 64.0 Å². The zero-order chi connectivity index (χ0) is 24.3. The maximum Gasteiger partial charge on any atom is 0.338 e. The highest BCUT2D eigenvalue weighted by Crippen LogP contribution is 2.34. The number of hydrogen-bond acceptors (Lipinski definition) is 5. The SMILES string of the molecule is CCCCCCCCCCC(=O)Nc1cc(N(C)c2cc(=O)oc3ccccc23)ccc1OC. The normalized spacial score (nSPS) is 10.9. The number of rotatable bonds is 13. The van der Waals surface area contributed by atoms with E-state index in [-0.39, 0.29) is 5.91 Å². The number of anilines is 3. The zero-order valence-corrected chi connectivity index (χ0v) is 20.6. The lowest BCUT2D eigenvalue weighted by Gasteiger charge is -2.22. The first-order valence-corrected chi connectivity index (χ1v) is 12.3. The molecule has 2 aromatic carbocycles. The van der Waals surface area contributed by atoms with Crippen LogP contribution in [0, 0.1) is 0 Å². The number of carbonyl (C=O) groups is 1. The maximum absolute atomic E-state index is 12.6. The summed E-state index contributed by atoms with van der Waals surface area (Å²) in [5.74, 6) is 0.578. The fourth-order valence-electron chi connectivity index (χ4n) is 4.15. The number of ether oxygens (including phenoxy) is 1. The van der Waals surface area contributed by atoms with Crippen molar-refractivity contribution in [2.24, 2.45) is 0 Å². The van der Waals surface area contributed by atoms with Gasteiger partial charge in [-0.05, 0) is 36.8 Å². The van der Waals surface area contributed by atoms with Crippen molar-refractivity contribution >= 4 is 33.9 Å². The van der Waals surface area contributed by atoms with Crippen molar-refractivity contribution in [1.82, 2.24) is 0 Å². The van der Waals surface area contributed by atoms with Gasteiger partial charge in [0.1, 0.15) is 11.3 Å². The lowest BCUT2D eigenvalue weighted by atomic mass is 10.1. The molecule has 1 N–H and O–H groups in total. The smallest absolute Gasteiger partial charge is 0.338 e. The number of fused-ring (bicyclic) bond motifs is 1. The molecule has 3 rings (SSSR count). The van der Waals surface area contributed by atoms with Crippen molar-refractivity contribution in [1.29, 1.82) is 0 Å². The largest absolute Gasteiger partial charge is 0.495 e. The minimum absolute atomic E-state index is 0.0186. The molecule has 0 fully saturated rings. The van der Waals surface area contributed by atoms with Gasteiger partial charge in [-0.3, -0.25) is 4.79 Å². The lowest BCUT2D eigenvalue weighted by molar-refractivity contribution is -0.116. The number of nitrogens with zero attached hydrogens (tertiary/aromatic N) is 1. The monoisotopic (exact) mass is 464 g/mol. The molecule has 0 saturated heterocycles. The molecule has 34 heavy (non-hydrogen) atoms. The van der Waals surface area contributed by atoms with E-state index < -0.39 is 5.63 Å². The Bertz CT molecular complexity index is 1140. The molecule has 1 amide bonds. The Balaban J connectivity index is 1.66. The maximum atomic E-state index is 12.6. The van der Waals surface area contributed by atoms with Crippen LogP contribution >= 0.6 is 0 Å². The Morgan fingerprint density at radius 1 is 0.971 bits per heavy atom. The van der Waals surface area contributed by atoms with E-state index in [1.54, 1.807) is 13.2 Å². The van der Waals surface area contributed by atoms with E-state index >= 15 is 0 Å². The average Bonchev–Trinajstić information content (AvgIpc) is 2.84. The summed E-state index contributed by atoms with van der Waals surface area (Å²) in [5, 5.41) is 3.84. The van der Waals surface area contributed by atoms with Crippen LogP contribution in [-0.2, 0) is 4.79 Å². The molecule has 0 unspecified atom stereocenters. The molecule has 0 radical (unpaired) electrons. The topological polar surface area (TPSA) is 71.8 Å². The van der Waals surface area contributed by atoms with Crippen LogP contribution in [0.2, 0.25) is 0 Å². The number of amides is 1. The van der Waals surface area contributed by atoms with Crippen molar-refractivity contribution < 1.29 is 13.9 Å². The number of carbonyl (C=O) groups excluding carboxylic acids is 1. The van der Waals surface area contributed by atoms with E-state index in [1.807, 2.05) is 48.3 Å². The standard InChI is InChI=1S/C28H36N2O4/c1-4-5-6-7-8-9-10-11-16-27(31)29-23-19-21(17-18-26(23)33-3)30(2)24-20-28(32)34-25-15-13-12-14-22(24)25/h12-15,17-20H,4-11,16H2,1-3H3,(H,29,31). The summed E-state index contributed by atoms with van der Waals surface area (Å²) >= 11 is 0. The van der Waals surface area contributed by atoms with Gasteiger partial charge in [0.05, 0.1) is 18.5 Å². The Hall–Kier alpha value is -3.28. The van der Waals surface area contributed by atoms with Gasteiger partial charge in [0, 0.05) is 30.6 Å². The van der Waals surface area contributed by atoms with Crippen LogP contribution in [0.5, 0.6) is 5.75 Å². The summed E-state index contributed by atoms with van der Waals surface area (Å²) in [5.41, 5.74) is 2.29. The number of unbranched alkanes of at least 4 members (excludes halogenated alkanes) is 7. The molecule has 0 aliphatic heterocycles. The number of nitrogens with one attached hydrogen (secondary N) is 1. The molecule has 0 aliphatic rings. The molecular weight excluding hydrogens is 428 g/mol. The number of methoxy groups -OCH3 is 1. The summed E-state index contributed by atoms with van der Waals surface area (Å²) in [4.78, 5) is 26.6. The van der Waals surface area contributed by atoms with E-state index in [0.717, 1.165) is 29.6 Å². The van der Waals surface area contributed by atoms with Crippen molar-refractivity contribution in [2.75, 3.05) is 24.4 Å². The summed E-state index contributed by atoms with van der Waals surface area (Å²) in [6.45, 7) is 2.23. The molecule has 1 heterocycles. The van der Waals surface area contributed by atoms with Gasteiger partial charge in [0.2, 0.25) is 5.91 Å². The first-order valence-electron chi connectivity index (χ1n) is 12.3. The third kappa shape index (κ3) is 6.86. The predicted molar refractivity (Wildman–Crippen MR) is 139 cm³/mol. The van der Waals surface area contributed by atoms with E-state index in [1.165, 1.54) is 44.6 Å². The van der Waals surface area contributed by atoms with E-state index in [0.29, 0.717) is 23.4 Å². The van der Waals surface area contributed by atoms with Crippen LogP contribution in [0.25, 0.3) is 11.0 Å². The predicted octanol–water partition coefficient (Wildman–Crippen LogP) is 7.04. The van der Waals surface area contributed by atoms with Gasteiger partial charge < -0.3 is 19.4 Å². The van der Waals surface area contributed by atoms with Crippen LogP contribution in [0.1, 0.15) is 64.7 Å². The van der Waals surface area contributed by atoms with Crippen molar-refractivity contribution in [2.45, 2.75) is 64.7 Å². The average molecular weight is 465 g/mol. The number of para-hydroxylation sites is 1. The van der Waals surface area contributed by atoms with E-state index in [4.69, 9.17) is 9.15 Å². The summed E-state index contributed by atoms with van der Waals surface area (Å²) in [6.07, 6.45) is 10.0. The van der Waals surface area contributed by atoms with Crippen LogP contribution < -0.4 is 20.6 Å². The van der Waals surface area contributed by atoms with Gasteiger partial charge in [0.15, 0.2) is 0 Å². The Morgan fingerprint density at radius 2 is 1.68 bits per heavy atom. The molecule has 0 atom stereocenters. The van der Waals surface area contributed by atoms with Gasteiger partial charge >= 0.3 is 5.63 Å². The molecule has 0 saturated carbocycles. The number of benzene rings is 2. The quantitative estimate of drug-likeness (QED) is 0.217. The van der Waals surface area contributed by atoms with E-state index in [9.17, 15) is 9.59 Å². The molecule has 182 valence electrons. The molecule has 6 nitrogen and oxygen atoms in total. The molecule has 1 aromatic heterocycles. The highest BCUT2D eigenvalue weighted by molar-refractivity contribution is 5.95. The van der Waals surface area contributed by atoms with Crippen LogP contribution in [0.4, 0.5) is 17.1 Å². The van der Waals surface area contributed by atoms with Crippen LogP contribution in [0.15, 0.2) is 57.7 Å². The molecule has 0 aliphatic carbocycles. The third-order valence-electron chi connectivity index (χ3n) is 6.09. The minimum atomic E-state index is -0.409. The van der Waals surface area contributed by atoms with Gasteiger partial charge in [0.25, 0.3) is 0 Å². The summed E-state index contributed by atoms with van der Waals surface area (Å²) in [7, 11) is 3.47. The Labute approximate surface area is 201 Å². The lowest BCUT2D eigenvalue weighted by Crippen LogP contribution is -2.15. The third-order valence-corrected chi connectivity index (χ3v) is 6.09. The van der Waals surface area contributed by atoms with Gasteiger partial charge in [-0.25, -0.2) is 4.79 Å². The van der Waals surface area contributed by atoms with Gasteiger partial charge in [-0.15, -0.1) is 0 Å². The van der Waals surface area contributed by atoms with E-state index in [2.05, 4.69) is 12.2 Å². The Kier molecular flexibility index (Phi) is 9.56. The second-order valence-electron chi connectivity index (χ2n) is 8.66. The first kappa shape index (κ1) is 25.3. The molecular formula is C28H36N2O4. The fourth-order valence-corrected chi connectivity index (χ4v) is 4.15. The second kappa shape index (κ2) is 12.8. The second-order valence-corrected chi connectivity index (χ2v) is 8.66. The van der Waals surface area contributed by atoms with Crippen molar-refractivity contribution in [3.8, 4) is 5.75 Å².